The van der Waals surface area contributed by atoms with E-state index in [1.165, 1.54) is 28.6 Å². The smallest absolute Gasteiger partial charge is 0.0405 e. The van der Waals surface area contributed by atoms with E-state index >= 15 is 0 Å². The molecule has 1 aliphatic rings. The van der Waals surface area contributed by atoms with E-state index < -0.39 is 0 Å². The van der Waals surface area contributed by atoms with Crippen LogP contribution in [0.3, 0.4) is 0 Å². The van der Waals surface area contributed by atoms with Gasteiger partial charge in [-0.05, 0) is 68.7 Å². The van der Waals surface area contributed by atoms with Crippen LogP contribution in [0, 0.1) is 5.92 Å². The van der Waals surface area contributed by atoms with Crippen molar-refractivity contribution in [1.29, 1.82) is 0 Å². The largest absolute Gasteiger partial charge is 0.319 e. The van der Waals surface area contributed by atoms with Crippen LogP contribution in [0.2, 0.25) is 0 Å². The summed E-state index contributed by atoms with van der Waals surface area (Å²) in [6.07, 6.45) is 1.30. The molecule has 2 heterocycles. The Morgan fingerprint density at radius 2 is 2.15 bits per heavy atom. The molecule has 2 atom stereocenters. The van der Waals surface area contributed by atoms with Crippen LogP contribution < -0.4 is 5.32 Å². The Labute approximate surface area is 125 Å². The Morgan fingerprint density at radius 3 is 2.90 bits per heavy atom. The van der Waals surface area contributed by atoms with Crippen molar-refractivity contribution in [2.45, 2.75) is 32.4 Å². The Morgan fingerprint density at radius 1 is 1.35 bits per heavy atom. The minimum Gasteiger partial charge on any atom is -0.319 e. The highest BCUT2D eigenvalue weighted by molar-refractivity contribution is 7.17. The first-order valence-electron chi connectivity index (χ1n) is 7.59. The maximum atomic E-state index is 3.39. The van der Waals surface area contributed by atoms with Crippen molar-refractivity contribution in [1.82, 2.24) is 10.2 Å². The van der Waals surface area contributed by atoms with Gasteiger partial charge in [-0.2, -0.15) is 0 Å². The van der Waals surface area contributed by atoms with Crippen LogP contribution in [0.1, 0.15) is 31.9 Å². The summed E-state index contributed by atoms with van der Waals surface area (Å²) in [6.45, 7) is 6.98. The van der Waals surface area contributed by atoms with Gasteiger partial charge in [0, 0.05) is 16.8 Å². The lowest BCUT2D eigenvalue weighted by atomic mass is 9.93. The minimum atomic E-state index is 0.568. The summed E-state index contributed by atoms with van der Waals surface area (Å²) >= 11 is 1.89. The molecule has 0 saturated carbocycles. The molecule has 2 unspecified atom stereocenters. The maximum Gasteiger partial charge on any atom is 0.0405 e. The van der Waals surface area contributed by atoms with Crippen LogP contribution in [0.5, 0.6) is 0 Å². The molecule has 1 N–H and O–H groups in total. The third-order valence-corrected chi connectivity index (χ3v) is 5.50. The number of likely N-dealkylation sites (tertiary alicyclic amines) is 1. The van der Waals surface area contributed by atoms with Crippen LogP contribution in [0.15, 0.2) is 29.6 Å². The van der Waals surface area contributed by atoms with Crippen LogP contribution in [0.4, 0.5) is 0 Å². The monoisotopic (exact) mass is 288 g/mol. The quantitative estimate of drug-likeness (QED) is 0.918. The highest BCUT2D eigenvalue weighted by atomic mass is 32.1. The molecule has 0 spiro atoms. The molecule has 1 aromatic heterocycles. The van der Waals surface area contributed by atoms with E-state index in [0.717, 1.165) is 12.5 Å². The van der Waals surface area contributed by atoms with Gasteiger partial charge < -0.3 is 5.32 Å². The first kappa shape index (κ1) is 14.1. The zero-order chi connectivity index (χ0) is 14.1. The molecule has 2 nitrogen and oxygen atoms in total. The van der Waals surface area contributed by atoms with Crippen molar-refractivity contribution in [2.75, 3.05) is 20.1 Å². The van der Waals surface area contributed by atoms with E-state index in [-0.39, 0.29) is 0 Å². The van der Waals surface area contributed by atoms with Crippen molar-refractivity contribution in [2.24, 2.45) is 5.92 Å². The molecule has 1 fully saturated rings. The van der Waals surface area contributed by atoms with E-state index in [4.69, 9.17) is 0 Å². The standard InChI is InChI=1S/C17H24N2S/c1-12(2)19-9-8-13(10-18-3)17(19)15-11-20-16-7-5-4-6-14(15)16/h4-7,11-13,17-18H,8-10H2,1-3H3. The Balaban J connectivity index is 2.02. The van der Waals surface area contributed by atoms with Gasteiger partial charge in [-0.15, -0.1) is 11.3 Å². The number of rotatable bonds is 4. The molecule has 3 heteroatoms. The average molecular weight is 288 g/mol. The van der Waals surface area contributed by atoms with Gasteiger partial charge in [-0.3, -0.25) is 4.90 Å². The fraction of sp³-hybridized carbons (Fsp3) is 0.529. The second-order valence-corrected chi connectivity index (χ2v) is 6.98. The molecule has 1 aliphatic heterocycles. The normalized spacial score (nSPS) is 24.0. The molecule has 1 saturated heterocycles. The number of benzene rings is 1. The first-order chi connectivity index (χ1) is 9.72. The van der Waals surface area contributed by atoms with Gasteiger partial charge >= 0.3 is 0 Å². The van der Waals surface area contributed by atoms with Gasteiger partial charge in [0.2, 0.25) is 0 Å². The fourth-order valence-electron chi connectivity index (χ4n) is 3.60. The number of nitrogens with one attached hydrogen (secondary N) is 1. The third kappa shape index (κ3) is 2.39. The summed E-state index contributed by atoms with van der Waals surface area (Å²) < 4.78 is 1.42. The first-order valence-corrected chi connectivity index (χ1v) is 8.46. The molecule has 108 valence electrons. The van der Waals surface area contributed by atoms with Gasteiger partial charge in [-0.25, -0.2) is 0 Å². The van der Waals surface area contributed by atoms with Crippen LogP contribution in [0.25, 0.3) is 10.1 Å². The Bertz CT molecular complexity index is 575. The number of nitrogens with zero attached hydrogens (tertiary/aromatic N) is 1. The summed E-state index contributed by atoms with van der Waals surface area (Å²) in [4.78, 5) is 2.68. The summed E-state index contributed by atoms with van der Waals surface area (Å²) in [7, 11) is 2.07. The average Bonchev–Trinajstić information content (AvgIpc) is 3.02. The molecule has 20 heavy (non-hydrogen) atoms. The van der Waals surface area contributed by atoms with E-state index in [0.29, 0.717) is 12.1 Å². The van der Waals surface area contributed by atoms with Gasteiger partial charge in [0.25, 0.3) is 0 Å². The Kier molecular flexibility index (Phi) is 4.11. The molecule has 0 aliphatic carbocycles. The zero-order valence-electron chi connectivity index (χ0n) is 12.6. The maximum absolute atomic E-state index is 3.39. The van der Waals surface area contributed by atoms with Gasteiger partial charge in [0.05, 0.1) is 0 Å². The van der Waals surface area contributed by atoms with E-state index in [1.54, 1.807) is 0 Å². The second-order valence-electron chi connectivity index (χ2n) is 6.07. The van der Waals surface area contributed by atoms with Crippen LogP contribution >= 0.6 is 11.3 Å². The Hall–Kier alpha value is -0.900. The SMILES string of the molecule is CNCC1CCN(C(C)C)C1c1csc2ccccc12. The predicted molar refractivity (Wildman–Crippen MR) is 88.4 cm³/mol. The zero-order valence-corrected chi connectivity index (χ0v) is 13.4. The lowest BCUT2D eigenvalue weighted by Gasteiger charge is -2.31. The molecular weight excluding hydrogens is 264 g/mol. The second kappa shape index (κ2) is 5.84. The predicted octanol–water partition coefficient (Wildman–Crippen LogP) is 3.89. The van der Waals surface area contributed by atoms with E-state index in [1.807, 2.05) is 11.3 Å². The molecule has 0 amide bonds. The van der Waals surface area contributed by atoms with Crippen LogP contribution in [-0.4, -0.2) is 31.1 Å². The van der Waals surface area contributed by atoms with Crippen molar-refractivity contribution >= 4 is 21.4 Å². The summed E-state index contributed by atoms with van der Waals surface area (Å²) in [5.74, 6) is 0.723. The summed E-state index contributed by atoms with van der Waals surface area (Å²) in [6, 6.07) is 10.0. The highest BCUT2D eigenvalue weighted by Gasteiger charge is 2.37. The number of hydrogen-bond acceptors (Lipinski definition) is 3. The highest BCUT2D eigenvalue weighted by Crippen LogP contribution is 2.42. The topological polar surface area (TPSA) is 15.3 Å². The lowest BCUT2D eigenvalue weighted by Crippen LogP contribution is -2.33. The number of thiophene rings is 1. The lowest BCUT2D eigenvalue weighted by molar-refractivity contribution is 0.184. The van der Waals surface area contributed by atoms with Gasteiger partial charge in [0.15, 0.2) is 0 Å². The summed E-state index contributed by atoms with van der Waals surface area (Å²) in [5.41, 5.74) is 1.54. The van der Waals surface area contributed by atoms with E-state index in [2.05, 4.69) is 60.8 Å². The summed E-state index contributed by atoms with van der Waals surface area (Å²) in [5, 5.41) is 7.23. The van der Waals surface area contributed by atoms with E-state index in [9.17, 15) is 0 Å². The molecule has 0 bridgehead atoms. The van der Waals surface area contributed by atoms with Gasteiger partial charge in [0.1, 0.15) is 0 Å². The molecular formula is C17H24N2S. The van der Waals surface area contributed by atoms with Gasteiger partial charge in [-0.1, -0.05) is 18.2 Å². The molecule has 0 radical (unpaired) electrons. The molecule has 2 aromatic rings. The minimum absolute atomic E-state index is 0.568. The fourth-order valence-corrected chi connectivity index (χ4v) is 4.59. The van der Waals surface area contributed by atoms with Crippen molar-refractivity contribution in [3.05, 3.63) is 35.2 Å². The number of hydrogen-bond donors (Lipinski definition) is 1. The molecule has 3 rings (SSSR count). The van der Waals surface area contributed by atoms with Crippen molar-refractivity contribution in [3.63, 3.8) is 0 Å². The van der Waals surface area contributed by atoms with Crippen LogP contribution in [-0.2, 0) is 0 Å². The van der Waals surface area contributed by atoms with Crippen molar-refractivity contribution in [3.8, 4) is 0 Å². The van der Waals surface area contributed by atoms with Crippen molar-refractivity contribution < 1.29 is 0 Å². The number of fused-ring (bicyclic) bond motifs is 1. The molecule has 1 aromatic carbocycles. The third-order valence-electron chi connectivity index (χ3n) is 4.52.